The molecule has 0 aromatic heterocycles. The quantitative estimate of drug-likeness (QED) is 0.163. The predicted octanol–water partition coefficient (Wildman–Crippen LogP) is 1.15. The first-order valence-electron chi connectivity index (χ1n) is 22.5. The van der Waals surface area contributed by atoms with Gasteiger partial charge in [0.2, 0.25) is 0 Å². The smallest absolute Gasteiger partial charge is 1.00 e. The Hall–Kier alpha value is 0.242. The Labute approximate surface area is 424 Å². The van der Waals surface area contributed by atoms with Crippen molar-refractivity contribution in [2.45, 2.75) is 192 Å². The molecule has 1 unspecified atom stereocenters. The van der Waals surface area contributed by atoms with E-state index in [1.54, 1.807) is 70.1 Å². The van der Waals surface area contributed by atoms with Crippen LogP contribution in [0.5, 0.6) is 0 Å². The van der Waals surface area contributed by atoms with E-state index >= 15 is 0 Å². The fourth-order valence-electron chi connectivity index (χ4n) is 12.1. The van der Waals surface area contributed by atoms with E-state index in [-0.39, 0.29) is 64.0 Å². The van der Waals surface area contributed by atoms with Gasteiger partial charge in [0, 0.05) is 0 Å². The van der Waals surface area contributed by atoms with Crippen LogP contribution in [0.25, 0.3) is 0 Å². The summed E-state index contributed by atoms with van der Waals surface area (Å²) < 4.78 is 0. The molecule has 0 saturated heterocycles. The van der Waals surface area contributed by atoms with Crippen LogP contribution >= 0.6 is 0 Å². The van der Waals surface area contributed by atoms with Gasteiger partial charge in [-0.3, -0.25) is 6.08 Å². The standard InChI is InChI=1S/C51H87Si7.3ClH.Ti/c1-33-29-42(52(11,12)13)38(6)48(45(33)55(20,21)22)58(51(10)32-36(4)37(5)41(51)9,49-39(7)43(53(14,15)16)30-34(2)46(49)56(23,24)25)50-40(8)44(54(17,18)19)31-35(3)47(50)57(26,27)28;;;;/h29-31H,1-28H3;3*1H;/q-1;;;;+4/p-3. The average Bonchev–Trinajstić information content (AvgIpc) is 3.20. The molecule has 4 rings (SSSR count). The third kappa shape index (κ3) is 10.4. The fraction of sp³-hybridized carbons (Fsp3) is 0.569. The van der Waals surface area contributed by atoms with E-state index in [9.17, 15) is 0 Å². The van der Waals surface area contributed by atoms with Crippen LogP contribution in [0, 0.1) is 47.6 Å². The van der Waals surface area contributed by atoms with Gasteiger partial charge in [-0.1, -0.05) is 226 Å². The maximum atomic E-state index is 4.60. The molecule has 3 aromatic carbocycles. The zero-order chi connectivity index (χ0) is 45.2. The second-order valence-electron chi connectivity index (χ2n) is 25.2. The van der Waals surface area contributed by atoms with Crippen LogP contribution in [0.15, 0.2) is 34.9 Å². The Kier molecular flexibility index (Phi) is 19.8. The summed E-state index contributed by atoms with van der Waals surface area (Å²) in [6.45, 7) is 73.2. The van der Waals surface area contributed by atoms with Gasteiger partial charge in [-0.15, -0.1) is 6.92 Å². The molecule has 0 nitrogen and oxygen atoms in total. The molecule has 1 aliphatic rings. The number of allylic oxidation sites excluding steroid dienone is 4. The van der Waals surface area contributed by atoms with Crippen molar-refractivity contribution in [3.63, 3.8) is 0 Å². The molecule has 344 valence electrons. The minimum absolute atomic E-state index is 0. The molecular formula is C51H87Cl3Si7Ti. The van der Waals surface area contributed by atoms with Gasteiger partial charge in [0.15, 0.2) is 0 Å². The van der Waals surface area contributed by atoms with Gasteiger partial charge in [0.25, 0.3) is 0 Å². The van der Waals surface area contributed by atoms with Crippen molar-refractivity contribution in [2.24, 2.45) is 0 Å². The molecule has 11 heteroatoms. The van der Waals surface area contributed by atoms with Crippen LogP contribution in [-0.2, 0) is 21.7 Å². The van der Waals surface area contributed by atoms with E-state index in [2.05, 4.69) is 211 Å². The SMILES string of the molecule is CC1=[C-]C(C)([Si](c2c(C)c([Si](C)(C)C)cc(C)c2[Si](C)(C)C)(c2c(C)c([Si](C)(C)C)cc(C)c2[Si](C)(C)C)c2c(C)c([Si](C)(C)C)cc(C)c2[Si](C)(C)C)C(C)=C1C.[Cl-].[Cl-].[Cl-].[Ti+4]. The molecule has 0 N–H and O–H groups in total. The van der Waals surface area contributed by atoms with Crippen molar-refractivity contribution in [3.05, 3.63) is 74.4 Å². The first-order chi connectivity index (χ1) is 25.7. The van der Waals surface area contributed by atoms with Gasteiger partial charge in [-0.25, -0.2) is 5.57 Å². The second kappa shape index (κ2) is 19.7. The zero-order valence-corrected chi connectivity index (χ0v) is 55.7. The minimum atomic E-state index is -3.30. The second-order valence-corrected chi connectivity index (χ2v) is 59.3. The summed E-state index contributed by atoms with van der Waals surface area (Å²) in [4.78, 5) is 0. The molecule has 1 aliphatic carbocycles. The van der Waals surface area contributed by atoms with Gasteiger partial charge in [0.1, 0.15) is 8.07 Å². The molecule has 62 heavy (non-hydrogen) atoms. The summed E-state index contributed by atoms with van der Waals surface area (Å²) >= 11 is 0. The summed E-state index contributed by atoms with van der Waals surface area (Å²) in [6.07, 6.45) is 4.60. The average molecular weight is 1050 g/mol. The number of aryl methyl sites for hydroxylation is 3. The Morgan fingerprint density at radius 3 is 0.758 bits per heavy atom. The van der Waals surface area contributed by atoms with Crippen molar-refractivity contribution >= 4 is 103 Å². The zero-order valence-electron chi connectivity index (χ0n) is 44.9. The monoisotopic (exact) mass is 1050 g/mol. The molecule has 0 aliphatic heterocycles. The normalized spacial score (nSPS) is 16.6. The topological polar surface area (TPSA) is 0 Å². The minimum Gasteiger partial charge on any atom is -1.00 e. The predicted molar refractivity (Wildman–Crippen MR) is 289 cm³/mol. The van der Waals surface area contributed by atoms with E-state index in [4.69, 9.17) is 0 Å². The molecule has 0 radical (unpaired) electrons. The van der Waals surface area contributed by atoms with Crippen LogP contribution in [-0.4, -0.2) is 56.5 Å². The number of rotatable bonds is 10. The Morgan fingerprint density at radius 1 is 0.371 bits per heavy atom. The van der Waals surface area contributed by atoms with E-state index in [1.807, 2.05) is 15.6 Å². The molecule has 0 amide bonds. The van der Waals surface area contributed by atoms with Gasteiger partial charge in [0.05, 0.1) is 48.4 Å². The van der Waals surface area contributed by atoms with Crippen molar-refractivity contribution in [1.29, 1.82) is 0 Å². The van der Waals surface area contributed by atoms with Crippen LogP contribution in [0.2, 0.25) is 123 Å². The molecule has 0 saturated carbocycles. The molecule has 0 bridgehead atoms. The Balaban J connectivity index is 0.00000930. The summed E-state index contributed by atoms with van der Waals surface area (Å²) in [7, 11) is -14.7. The van der Waals surface area contributed by atoms with Crippen LogP contribution in [0.4, 0.5) is 0 Å². The summed E-state index contributed by atoms with van der Waals surface area (Å²) in [5, 5.41) is 15.4. The third-order valence-electron chi connectivity index (χ3n) is 14.2. The van der Waals surface area contributed by atoms with Crippen molar-refractivity contribution in [3.8, 4) is 0 Å². The number of halogens is 3. The Bertz CT molecular complexity index is 2040. The van der Waals surface area contributed by atoms with Gasteiger partial charge < -0.3 is 37.2 Å². The van der Waals surface area contributed by atoms with Crippen LogP contribution in [0.3, 0.4) is 0 Å². The summed E-state index contributed by atoms with van der Waals surface area (Å²) in [5.41, 5.74) is 14.0. The number of hydrogen-bond donors (Lipinski definition) is 0. The van der Waals surface area contributed by atoms with E-state index in [0.29, 0.717) is 0 Å². The van der Waals surface area contributed by atoms with Gasteiger partial charge >= 0.3 is 21.7 Å². The van der Waals surface area contributed by atoms with Gasteiger partial charge in [-0.05, 0) is 57.1 Å². The largest absolute Gasteiger partial charge is 4.00 e. The van der Waals surface area contributed by atoms with Crippen molar-refractivity contribution in [1.82, 2.24) is 0 Å². The van der Waals surface area contributed by atoms with E-state index in [1.165, 1.54) is 11.1 Å². The van der Waals surface area contributed by atoms with Gasteiger partial charge in [-0.2, -0.15) is 11.1 Å². The molecule has 1 atom stereocenters. The third-order valence-corrected chi connectivity index (χ3v) is 33.9. The first kappa shape index (κ1) is 62.2. The number of hydrogen-bond acceptors (Lipinski definition) is 0. The molecule has 0 spiro atoms. The van der Waals surface area contributed by atoms with Crippen LogP contribution < -0.4 is 83.9 Å². The van der Waals surface area contributed by atoms with Crippen molar-refractivity contribution < 1.29 is 58.9 Å². The number of benzene rings is 3. The molecule has 3 aromatic rings. The Morgan fingerprint density at radius 2 is 0.597 bits per heavy atom. The van der Waals surface area contributed by atoms with E-state index in [0.717, 1.165) is 0 Å². The molecule has 0 heterocycles. The fourth-order valence-corrected chi connectivity index (χ4v) is 37.0. The summed E-state index contributed by atoms with van der Waals surface area (Å²) in [5.74, 6) is 0. The maximum absolute atomic E-state index is 4.60. The van der Waals surface area contributed by atoms with Crippen molar-refractivity contribution in [2.75, 3.05) is 0 Å². The molecule has 0 fully saturated rings. The summed E-state index contributed by atoms with van der Waals surface area (Å²) in [6, 6.07) is 8.12. The molecular weight excluding hydrogens is 963 g/mol. The first-order valence-corrected chi connectivity index (χ1v) is 45.5. The van der Waals surface area contributed by atoms with E-state index < -0.39 is 56.5 Å². The maximum Gasteiger partial charge on any atom is 4.00 e. The van der Waals surface area contributed by atoms with Crippen LogP contribution in [0.1, 0.15) is 61.1 Å².